The van der Waals surface area contributed by atoms with E-state index in [0.717, 1.165) is 49.2 Å². The van der Waals surface area contributed by atoms with E-state index in [2.05, 4.69) is 14.5 Å². The Labute approximate surface area is 276 Å². The number of nitrogens with zero attached hydrogens (tertiary/aromatic N) is 3. The Morgan fingerprint density at radius 1 is 0.938 bits per heavy atom. The van der Waals surface area contributed by atoms with Gasteiger partial charge < -0.3 is 33.4 Å². The number of methoxy groups -OCH3 is 1. The molecule has 2 saturated heterocycles. The molecule has 6 heterocycles. The number of aromatic nitrogens is 2. The Balaban J connectivity index is 1.24. The molecule has 2 aromatic heterocycles. The fraction of sp³-hybridized carbons (Fsp3) is 0.432. The van der Waals surface area contributed by atoms with E-state index >= 15 is 0 Å². The first-order valence-corrected chi connectivity index (χ1v) is 16.5. The first-order chi connectivity index (χ1) is 22.8. The number of carbonyl (C=O) groups excluding carboxylic acids is 3. The molecule has 1 N–H and O–H groups in total. The van der Waals surface area contributed by atoms with Gasteiger partial charge in [-0.2, -0.15) is 0 Å². The highest BCUT2D eigenvalue weighted by molar-refractivity contribution is 6.31. The van der Waals surface area contributed by atoms with E-state index in [0.29, 0.717) is 25.1 Å². The van der Waals surface area contributed by atoms with Gasteiger partial charge in [0.15, 0.2) is 5.72 Å². The lowest BCUT2D eigenvalue weighted by Gasteiger charge is -2.37. The highest BCUT2D eigenvalue weighted by Gasteiger charge is 2.72. The molecule has 9 rings (SSSR count). The predicted molar refractivity (Wildman–Crippen MR) is 179 cm³/mol. The van der Waals surface area contributed by atoms with Gasteiger partial charge in [0.1, 0.15) is 6.23 Å². The zero-order chi connectivity index (χ0) is 33.5. The molecule has 248 valence electrons. The molecule has 0 saturated carbocycles. The summed E-state index contributed by atoms with van der Waals surface area (Å²) in [7, 11) is 1.64. The molecule has 4 aliphatic rings. The van der Waals surface area contributed by atoms with Crippen molar-refractivity contribution < 1.29 is 33.3 Å². The molecule has 2 bridgehead atoms. The van der Waals surface area contributed by atoms with E-state index in [1.54, 1.807) is 7.11 Å². The smallest absolute Gasteiger partial charge is 0.417 e. The molecule has 2 fully saturated rings. The van der Waals surface area contributed by atoms with Gasteiger partial charge in [-0.15, -0.1) is 0 Å². The molecule has 11 nitrogen and oxygen atoms in total. The van der Waals surface area contributed by atoms with Gasteiger partial charge in [-0.25, -0.2) is 9.69 Å². The van der Waals surface area contributed by atoms with Crippen LogP contribution in [0, 0.1) is 0 Å². The van der Waals surface area contributed by atoms with Gasteiger partial charge in [-0.05, 0) is 58.7 Å². The van der Waals surface area contributed by atoms with Crippen LogP contribution in [-0.4, -0.2) is 69.0 Å². The number of nitrogens with one attached hydrogen (secondary N) is 1. The minimum atomic E-state index is -1.64. The molecule has 4 aliphatic heterocycles. The maximum absolute atomic E-state index is 14.8. The van der Waals surface area contributed by atoms with Crippen molar-refractivity contribution in [1.82, 2.24) is 19.4 Å². The van der Waals surface area contributed by atoms with Crippen LogP contribution in [0.2, 0.25) is 0 Å². The van der Waals surface area contributed by atoms with Gasteiger partial charge in [0.05, 0.1) is 45.4 Å². The molecular weight excluding hydrogens is 612 g/mol. The lowest BCUT2D eigenvalue weighted by Crippen LogP contribution is -2.56. The number of carbonyl (C=O) groups is 3. The maximum Gasteiger partial charge on any atom is 0.417 e. The van der Waals surface area contributed by atoms with E-state index in [1.807, 2.05) is 83.1 Å². The van der Waals surface area contributed by atoms with Gasteiger partial charge in [-0.1, -0.05) is 36.4 Å². The highest BCUT2D eigenvalue weighted by atomic mass is 16.6. The molecule has 11 heteroatoms. The van der Waals surface area contributed by atoms with Crippen LogP contribution >= 0.6 is 0 Å². The molecule has 3 aromatic carbocycles. The SMILES string of the molecule is COC(C)(C)COC(C)(C)CCN1C(=O)O[C@@]2(C[C@H]3O[C@]2(C)n2c4ccccc4c4c5c(c6c7ccccc7n3c6c42)C(=O)NC5)C1=O. The largest absolute Gasteiger partial charge is 0.427 e. The standard InChI is InChI=1S/C37H38N4O7/c1-34(2,46-19-35(3,4)45-6)15-16-39-32(43)37(48-33(39)44)17-25-40-23-13-9-7-11-20(23)27-28-22(18-38-31(28)42)26-21-12-8-10-14-24(21)41(30(26)29(27)40)36(37,5)47-25/h7-14,25H,15-19H2,1-6H3,(H,38,42)/t25-,36+,37+/m1/s1. The normalized spacial score (nSPS) is 25.0. The van der Waals surface area contributed by atoms with Crippen LogP contribution in [-0.2, 0) is 36.0 Å². The van der Waals surface area contributed by atoms with E-state index < -0.39 is 40.8 Å². The summed E-state index contributed by atoms with van der Waals surface area (Å²) in [5.74, 6) is -0.525. The second-order valence-electron chi connectivity index (χ2n) is 14.9. The molecule has 0 aliphatic carbocycles. The third-order valence-corrected chi connectivity index (χ3v) is 11.2. The van der Waals surface area contributed by atoms with Gasteiger partial charge in [0, 0.05) is 48.2 Å². The van der Waals surface area contributed by atoms with E-state index in [4.69, 9.17) is 18.9 Å². The van der Waals surface area contributed by atoms with E-state index in [9.17, 15) is 14.4 Å². The zero-order valence-corrected chi connectivity index (χ0v) is 27.9. The Morgan fingerprint density at radius 3 is 2.35 bits per heavy atom. The number of imide groups is 1. The zero-order valence-electron chi connectivity index (χ0n) is 27.9. The maximum atomic E-state index is 14.8. The van der Waals surface area contributed by atoms with Crippen LogP contribution in [0.3, 0.4) is 0 Å². The number of rotatable bonds is 7. The molecule has 48 heavy (non-hydrogen) atoms. The number of amides is 3. The van der Waals surface area contributed by atoms with Gasteiger partial charge in [-0.3, -0.25) is 9.59 Å². The second kappa shape index (κ2) is 9.37. The van der Waals surface area contributed by atoms with Crippen molar-refractivity contribution in [3.63, 3.8) is 0 Å². The van der Waals surface area contributed by atoms with Crippen LogP contribution in [0.5, 0.6) is 0 Å². The van der Waals surface area contributed by atoms with Crippen molar-refractivity contribution in [3.8, 4) is 0 Å². The van der Waals surface area contributed by atoms with E-state index in [1.165, 1.54) is 4.90 Å². The predicted octanol–water partition coefficient (Wildman–Crippen LogP) is 6.08. The average Bonchev–Trinajstić information content (AvgIpc) is 3.81. The molecule has 3 atom stereocenters. The van der Waals surface area contributed by atoms with Crippen molar-refractivity contribution in [2.45, 2.75) is 82.8 Å². The average molecular weight is 651 g/mol. The molecular formula is C37H38N4O7. The molecule has 3 amide bonds. The number of fused-ring (bicyclic) bond motifs is 14. The summed E-state index contributed by atoms with van der Waals surface area (Å²) < 4.78 is 29.3. The summed E-state index contributed by atoms with van der Waals surface area (Å²) in [6, 6.07) is 16.0. The van der Waals surface area contributed by atoms with Crippen LogP contribution in [0.1, 0.15) is 69.6 Å². The Bertz CT molecular complexity index is 2280. The van der Waals surface area contributed by atoms with Crippen molar-refractivity contribution >= 4 is 61.5 Å². The summed E-state index contributed by atoms with van der Waals surface area (Å²) in [6.45, 7) is 10.5. The van der Waals surface area contributed by atoms with Crippen LogP contribution in [0.25, 0.3) is 43.6 Å². The van der Waals surface area contributed by atoms with Gasteiger partial charge in [0.2, 0.25) is 5.60 Å². The van der Waals surface area contributed by atoms with Crippen molar-refractivity contribution in [2.24, 2.45) is 0 Å². The number of hydrogen-bond acceptors (Lipinski definition) is 7. The lowest BCUT2D eigenvalue weighted by atomic mass is 9.87. The first kappa shape index (κ1) is 29.7. The van der Waals surface area contributed by atoms with E-state index in [-0.39, 0.29) is 18.9 Å². The van der Waals surface area contributed by atoms with Crippen molar-refractivity contribution in [1.29, 1.82) is 0 Å². The number of para-hydroxylation sites is 2. The lowest BCUT2D eigenvalue weighted by molar-refractivity contribution is -0.178. The quantitative estimate of drug-likeness (QED) is 0.227. The highest BCUT2D eigenvalue weighted by Crippen LogP contribution is 2.60. The monoisotopic (exact) mass is 650 g/mol. The van der Waals surface area contributed by atoms with Crippen LogP contribution in [0.15, 0.2) is 48.5 Å². The minimum Gasteiger partial charge on any atom is -0.427 e. The van der Waals surface area contributed by atoms with Gasteiger partial charge >= 0.3 is 6.09 Å². The summed E-state index contributed by atoms with van der Waals surface area (Å²) in [4.78, 5) is 43.3. The third-order valence-electron chi connectivity index (χ3n) is 11.2. The molecule has 0 unspecified atom stereocenters. The summed E-state index contributed by atoms with van der Waals surface area (Å²) in [5.41, 5.74) is 0.894. The first-order valence-electron chi connectivity index (χ1n) is 16.5. The minimum absolute atomic E-state index is 0.0992. The molecule has 5 aromatic rings. The number of hydrogen-bond donors (Lipinski definition) is 1. The van der Waals surface area contributed by atoms with Crippen molar-refractivity contribution in [3.05, 3.63) is 59.7 Å². The second-order valence-corrected chi connectivity index (χ2v) is 14.9. The fourth-order valence-corrected chi connectivity index (χ4v) is 8.48. The summed E-state index contributed by atoms with van der Waals surface area (Å²) in [6.07, 6.45) is -0.838. The summed E-state index contributed by atoms with van der Waals surface area (Å²) in [5, 5.41) is 6.76. The van der Waals surface area contributed by atoms with Crippen LogP contribution < -0.4 is 5.32 Å². The Kier molecular flexibility index (Phi) is 5.79. The van der Waals surface area contributed by atoms with Crippen LogP contribution in [0.4, 0.5) is 4.79 Å². The Hall–Kier alpha value is -4.45. The van der Waals surface area contributed by atoms with Gasteiger partial charge in [0.25, 0.3) is 11.8 Å². The number of benzene rings is 3. The topological polar surface area (TPSA) is 113 Å². The summed E-state index contributed by atoms with van der Waals surface area (Å²) >= 11 is 0. The number of ether oxygens (including phenoxy) is 4. The fourth-order valence-electron chi connectivity index (χ4n) is 8.48. The Morgan fingerprint density at radius 2 is 1.62 bits per heavy atom. The van der Waals surface area contributed by atoms with Crippen molar-refractivity contribution in [2.75, 3.05) is 20.3 Å². The third kappa shape index (κ3) is 3.56. The molecule has 0 radical (unpaired) electrons. The molecule has 1 spiro atoms.